The molecule has 0 saturated carbocycles. The van der Waals surface area contributed by atoms with Gasteiger partial charge in [-0.15, -0.1) is 0 Å². The number of hydrogen-bond acceptors (Lipinski definition) is 3. The van der Waals surface area contributed by atoms with E-state index in [9.17, 15) is 32.5 Å². The van der Waals surface area contributed by atoms with Crippen LogP contribution < -0.4 is 0 Å². The molecule has 92 valence electrons. The van der Waals surface area contributed by atoms with E-state index >= 15 is 0 Å². The summed E-state index contributed by atoms with van der Waals surface area (Å²) in [6.45, 7) is 0.862. The van der Waals surface area contributed by atoms with E-state index in [1.165, 1.54) is 0 Å². The van der Waals surface area contributed by atoms with Gasteiger partial charge < -0.3 is 0 Å². The van der Waals surface area contributed by atoms with Gasteiger partial charge in [-0.3, -0.25) is 14.9 Å². The summed E-state index contributed by atoms with van der Waals surface area (Å²) < 4.78 is 49.9. The Bertz CT molecular complexity index is 496. The molecule has 1 rings (SSSR count). The Kier molecular flexibility index (Phi) is 3.16. The Labute approximate surface area is 92.0 Å². The zero-order valence-corrected chi connectivity index (χ0v) is 8.34. The second-order valence-corrected chi connectivity index (χ2v) is 3.16. The van der Waals surface area contributed by atoms with Crippen LogP contribution in [0.4, 0.5) is 23.2 Å². The highest BCUT2D eigenvalue weighted by atomic mass is 19.4. The molecular weight excluding hydrogens is 246 g/mol. The number of Topliss-reactive ketones (excluding diaryl/α,β-unsaturated/α-hetero) is 1. The SMILES string of the molecule is CC(=O)c1cc(C(F)(F)F)c(F)cc1[N+](=O)[O-]. The molecule has 0 heterocycles. The van der Waals surface area contributed by atoms with E-state index in [0.717, 1.165) is 6.92 Å². The van der Waals surface area contributed by atoms with E-state index in [4.69, 9.17) is 0 Å². The summed E-state index contributed by atoms with van der Waals surface area (Å²) in [7, 11) is 0. The van der Waals surface area contributed by atoms with Crippen molar-refractivity contribution >= 4 is 11.5 Å². The quantitative estimate of drug-likeness (QED) is 0.351. The summed E-state index contributed by atoms with van der Waals surface area (Å²) in [6.07, 6.45) is -5.01. The molecule has 0 aliphatic carbocycles. The fraction of sp³-hybridized carbons (Fsp3) is 0.222. The number of hydrogen-bond donors (Lipinski definition) is 0. The van der Waals surface area contributed by atoms with Gasteiger partial charge in [0, 0.05) is 0 Å². The first kappa shape index (κ1) is 13.1. The summed E-state index contributed by atoms with van der Waals surface area (Å²) >= 11 is 0. The van der Waals surface area contributed by atoms with Crippen molar-refractivity contribution in [3.8, 4) is 0 Å². The predicted molar refractivity (Wildman–Crippen MR) is 48.1 cm³/mol. The highest BCUT2D eigenvalue weighted by molar-refractivity contribution is 5.98. The fourth-order valence-corrected chi connectivity index (χ4v) is 1.21. The second-order valence-electron chi connectivity index (χ2n) is 3.16. The predicted octanol–water partition coefficient (Wildman–Crippen LogP) is 2.96. The van der Waals surface area contributed by atoms with Gasteiger partial charge >= 0.3 is 6.18 Å². The first-order valence-electron chi connectivity index (χ1n) is 4.20. The fourth-order valence-electron chi connectivity index (χ4n) is 1.21. The number of carbonyl (C=O) groups excluding carboxylic acids is 1. The van der Waals surface area contributed by atoms with Crippen molar-refractivity contribution in [3.05, 3.63) is 39.2 Å². The molecule has 0 fully saturated rings. The van der Waals surface area contributed by atoms with Crippen LogP contribution in [0.25, 0.3) is 0 Å². The van der Waals surface area contributed by atoms with E-state index in [2.05, 4.69) is 0 Å². The second kappa shape index (κ2) is 4.11. The molecule has 0 aliphatic heterocycles. The van der Waals surface area contributed by atoms with Crippen molar-refractivity contribution in [2.75, 3.05) is 0 Å². The first-order chi connectivity index (χ1) is 7.64. The average molecular weight is 251 g/mol. The Morgan fingerprint density at radius 2 is 1.88 bits per heavy atom. The van der Waals surface area contributed by atoms with Crippen molar-refractivity contribution in [2.45, 2.75) is 13.1 Å². The van der Waals surface area contributed by atoms with Gasteiger partial charge in [0.15, 0.2) is 5.78 Å². The lowest BCUT2D eigenvalue weighted by molar-refractivity contribution is -0.385. The van der Waals surface area contributed by atoms with Gasteiger partial charge in [-0.05, 0) is 13.0 Å². The van der Waals surface area contributed by atoms with Crippen LogP contribution in [0.2, 0.25) is 0 Å². The molecule has 0 spiro atoms. The van der Waals surface area contributed by atoms with Gasteiger partial charge in [-0.1, -0.05) is 0 Å². The summed E-state index contributed by atoms with van der Waals surface area (Å²) in [4.78, 5) is 20.3. The standard InChI is InChI=1S/C9H5F4NO3/c1-4(15)5-2-6(9(11,12)13)7(10)3-8(5)14(16)17/h2-3H,1H3. The third-order valence-corrected chi connectivity index (χ3v) is 1.97. The van der Waals surface area contributed by atoms with Gasteiger partial charge in [0.1, 0.15) is 5.82 Å². The van der Waals surface area contributed by atoms with Crippen molar-refractivity contribution in [1.29, 1.82) is 0 Å². The average Bonchev–Trinajstić information content (AvgIpc) is 2.14. The smallest absolute Gasteiger partial charge is 0.294 e. The minimum atomic E-state index is -5.01. The lowest BCUT2D eigenvalue weighted by Gasteiger charge is -2.09. The van der Waals surface area contributed by atoms with Crippen molar-refractivity contribution in [2.24, 2.45) is 0 Å². The normalized spacial score (nSPS) is 11.4. The van der Waals surface area contributed by atoms with Crippen molar-refractivity contribution < 1.29 is 27.3 Å². The zero-order valence-electron chi connectivity index (χ0n) is 8.34. The van der Waals surface area contributed by atoms with Crippen LogP contribution in [-0.4, -0.2) is 10.7 Å². The molecule has 8 heteroatoms. The maximum atomic E-state index is 13.0. The number of alkyl halides is 3. The van der Waals surface area contributed by atoms with E-state index in [-0.39, 0.29) is 12.1 Å². The molecule has 0 aliphatic rings. The number of rotatable bonds is 2. The van der Waals surface area contributed by atoms with Crippen LogP contribution in [0.3, 0.4) is 0 Å². The van der Waals surface area contributed by atoms with Crippen LogP contribution in [0, 0.1) is 15.9 Å². The number of nitro benzene ring substituents is 1. The summed E-state index contributed by atoms with van der Waals surface area (Å²) in [5, 5.41) is 10.4. The number of halogens is 4. The van der Waals surface area contributed by atoms with Gasteiger partial charge in [-0.2, -0.15) is 13.2 Å². The molecule has 0 aromatic heterocycles. The molecule has 0 saturated heterocycles. The van der Waals surface area contributed by atoms with Crippen molar-refractivity contribution in [3.63, 3.8) is 0 Å². The Hall–Kier alpha value is -1.99. The Morgan fingerprint density at radius 1 is 1.35 bits per heavy atom. The first-order valence-corrected chi connectivity index (χ1v) is 4.20. The molecule has 1 aromatic carbocycles. The number of carbonyl (C=O) groups is 1. The highest BCUT2D eigenvalue weighted by Crippen LogP contribution is 2.35. The molecule has 0 atom stereocenters. The molecule has 17 heavy (non-hydrogen) atoms. The third-order valence-electron chi connectivity index (χ3n) is 1.97. The lowest BCUT2D eigenvalue weighted by Crippen LogP contribution is -2.11. The molecule has 0 N–H and O–H groups in total. The monoisotopic (exact) mass is 251 g/mol. The van der Waals surface area contributed by atoms with Gasteiger partial charge in [0.25, 0.3) is 5.69 Å². The zero-order chi connectivity index (χ0) is 13.4. The highest BCUT2D eigenvalue weighted by Gasteiger charge is 2.37. The molecule has 0 bridgehead atoms. The number of benzene rings is 1. The topological polar surface area (TPSA) is 60.2 Å². The Morgan fingerprint density at radius 3 is 2.24 bits per heavy atom. The minimum absolute atomic E-state index is 0.0968. The van der Waals surface area contributed by atoms with Crippen LogP contribution in [-0.2, 0) is 6.18 Å². The lowest BCUT2D eigenvalue weighted by atomic mass is 10.0. The Balaban J connectivity index is 3.57. The molecule has 1 aromatic rings. The maximum absolute atomic E-state index is 13.0. The van der Waals surface area contributed by atoms with Crippen LogP contribution in [0.5, 0.6) is 0 Å². The minimum Gasteiger partial charge on any atom is -0.294 e. The van der Waals surface area contributed by atoms with E-state index < -0.39 is 39.5 Å². The molecular formula is C9H5F4NO3. The largest absolute Gasteiger partial charge is 0.419 e. The number of nitrogens with zero attached hydrogens (tertiary/aromatic N) is 1. The van der Waals surface area contributed by atoms with E-state index in [1.54, 1.807) is 0 Å². The van der Waals surface area contributed by atoms with Crippen molar-refractivity contribution in [1.82, 2.24) is 0 Å². The number of nitro groups is 1. The van der Waals surface area contributed by atoms with Crippen LogP contribution in [0.1, 0.15) is 22.8 Å². The van der Waals surface area contributed by atoms with E-state index in [1.807, 2.05) is 0 Å². The van der Waals surface area contributed by atoms with E-state index in [0.29, 0.717) is 0 Å². The number of ketones is 1. The summed E-state index contributed by atoms with van der Waals surface area (Å²) in [5.74, 6) is -2.73. The van der Waals surface area contributed by atoms with Gasteiger partial charge in [0.2, 0.25) is 0 Å². The molecule has 0 radical (unpaired) electrons. The van der Waals surface area contributed by atoms with Crippen LogP contribution in [0.15, 0.2) is 12.1 Å². The molecule has 0 amide bonds. The third kappa shape index (κ3) is 2.58. The molecule has 0 unspecified atom stereocenters. The summed E-state index contributed by atoms with van der Waals surface area (Å²) in [6, 6.07) is 0.245. The summed E-state index contributed by atoms with van der Waals surface area (Å²) in [5.41, 5.74) is -3.46. The van der Waals surface area contributed by atoms with Crippen LogP contribution >= 0.6 is 0 Å². The molecule has 4 nitrogen and oxygen atoms in total. The van der Waals surface area contributed by atoms with Gasteiger partial charge in [-0.25, -0.2) is 4.39 Å². The maximum Gasteiger partial charge on any atom is 0.419 e. The van der Waals surface area contributed by atoms with Gasteiger partial charge in [0.05, 0.1) is 22.1 Å².